The third-order valence-corrected chi connectivity index (χ3v) is 6.33. The number of nitrogens with one attached hydrogen (secondary N) is 1. The fourth-order valence-corrected chi connectivity index (χ4v) is 4.50. The lowest BCUT2D eigenvalue weighted by Gasteiger charge is -2.19. The van der Waals surface area contributed by atoms with Crippen LogP contribution in [0, 0.1) is 6.92 Å². The first-order chi connectivity index (χ1) is 13.3. The quantitative estimate of drug-likeness (QED) is 0.612. The van der Waals surface area contributed by atoms with E-state index >= 15 is 0 Å². The third-order valence-electron chi connectivity index (χ3n) is 4.05. The number of carbonyl (C=O) groups is 1. The number of aryl methyl sites for hydroxylation is 1. The van der Waals surface area contributed by atoms with Crippen LogP contribution in [0.4, 0.5) is 0 Å². The van der Waals surface area contributed by atoms with Crippen LogP contribution in [0.15, 0.2) is 68.8 Å². The molecule has 0 bridgehead atoms. The summed E-state index contributed by atoms with van der Waals surface area (Å²) in [6, 6.07) is 13.2. The molecular formula is C19H20N4O3S2. The van der Waals surface area contributed by atoms with Crippen LogP contribution < -0.4 is 16.8 Å². The third kappa shape index (κ3) is 4.40. The molecule has 0 saturated heterocycles. The van der Waals surface area contributed by atoms with Crippen molar-refractivity contribution in [2.45, 2.75) is 17.3 Å². The lowest BCUT2D eigenvalue weighted by molar-refractivity contribution is 0.104. The number of sulfonamides is 1. The molecule has 5 N–H and O–H groups in total. The maximum absolute atomic E-state index is 12.8. The molecule has 7 nitrogen and oxygen atoms in total. The normalized spacial score (nSPS) is 16.6. The van der Waals surface area contributed by atoms with E-state index in [2.05, 4.69) is 9.71 Å². The summed E-state index contributed by atoms with van der Waals surface area (Å²) in [4.78, 5) is 13.2. The Balaban J connectivity index is 2.08. The summed E-state index contributed by atoms with van der Waals surface area (Å²) in [6.07, 6.45) is 1.46. The molecule has 0 radical (unpaired) electrons. The van der Waals surface area contributed by atoms with Crippen LogP contribution >= 0.6 is 11.8 Å². The fourth-order valence-electron chi connectivity index (χ4n) is 2.65. The van der Waals surface area contributed by atoms with Crippen molar-refractivity contribution in [3.63, 3.8) is 0 Å². The number of benzene rings is 2. The summed E-state index contributed by atoms with van der Waals surface area (Å²) in [7, 11) is -3.94. The van der Waals surface area contributed by atoms with E-state index in [-0.39, 0.29) is 23.1 Å². The van der Waals surface area contributed by atoms with Crippen LogP contribution in [-0.2, 0) is 10.0 Å². The number of Topliss-reactive ketones (excluding diaryl/α,β-unsaturated/α-hetero) is 1. The summed E-state index contributed by atoms with van der Waals surface area (Å²) < 4.78 is 29.6. The van der Waals surface area contributed by atoms with Crippen molar-refractivity contribution < 1.29 is 13.2 Å². The van der Waals surface area contributed by atoms with Gasteiger partial charge in [-0.25, -0.2) is 0 Å². The van der Waals surface area contributed by atoms with Gasteiger partial charge in [-0.15, -0.1) is 0 Å². The van der Waals surface area contributed by atoms with Gasteiger partial charge in [0.05, 0.1) is 15.5 Å². The van der Waals surface area contributed by atoms with Crippen LogP contribution in [-0.4, -0.2) is 32.1 Å². The Morgan fingerprint density at radius 1 is 1.11 bits per heavy atom. The molecule has 2 aromatic rings. The number of nitrogens with two attached hydrogens (primary N) is 2. The van der Waals surface area contributed by atoms with E-state index in [4.69, 9.17) is 11.5 Å². The van der Waals surface area contributed by atoms with Crippen molar-refractivity contribution >= 4 is 33.3 Å². The highest BCUT2D eigenvalue weighted by molar-refractivity contribution is 8.04. The van der Waals surface area contributed by atoms with Crippen molar-refractivity contribution in [2.75, 3.05) is 6.67 Å². The highest BCUT2D eigenvalue weighted by Crippen LogP contribution is 2.30. The van der Waals surface area contributed by atoms with Gasteiger partial charge in [0.25, 0.3) is 10.0 Å². The fraction of sp³-hybridized carbons (Fsp3) is 0.158. The number of nitrogens with zero attached hydrogens (tertiary/aromatic N) is 1. The molecule has 0 fully saturated rings. The van der Waals surface area contributed by atoms with E-state index in [9.17, 15) is 13.2 Å². The molecular weight excluding hydrogens is 396 g/mol. The van der Waals surface area contributed by atoms with Gasteiger partial charge in [0.1, 0.15) is 5.50 Å². The Bertz CT molecular complexity index is 1060. The SMILES string of the molecule is Cc1ccc(S(=O)(=O)N=C2C=C(SC(N)NCN)C(=O)c3ccccc32)cc1. The smallest absolute Gasteiger partial charge is 0.282 e. The Hall–Kier alpha value is -2.30. The molecule has 28 heavy (non-hydrogen) atoms. The van der Waals surface area contributed by atoms with Gasteiger partial charge in [0, 0.05) is 17.8 Å². The van der Waals surface area contributed by atoms with Gasteiger partial charge in [-0.3, -0.25) is 10.1 Å². The molecule has 1 unspecified atom stereocenters. The van der Waals surface area contributed by atoms with Crippen LogP contribution in [0.25, 0.3) is 0 Å². The van der Waals surface area contributed by atoms with Crippen LogP contribution in [0.5, 0.6) is 0 Å². The van der Waals surface area contributed by atoms with Crippen LogP contribution in [0.1, 0.15) is 21.5 Å². The molecule has 0 amide bonds. The molecule has 0 spiro atoms. The number of rotatable bonds is 6. The maximum Gasteiger partial charge on any atom is 0.282 e. The van der Waals surface area contributed by atoms with E-state index < -0.39 is 15.5 Å². The average molecular weight is 417 g/mol. The molecule has 9 heteroatoms. The topological polar surface area (TPSA) is 128 Å². The minimum Gasteiger partial charge on any atom is -0.318 e. The van der Waals surface area contributed by atoms with E-state index in [0.29, 0.717) is 16.0 Å². The predicted molar refractivity (Wildman–Crippen MR) is 112 cm³/mol. The van der Waals surface area contributed by atoms with Gasteiger partial charge in [-0.1, -0.05) is 53.7 Å². The van der Waals surface area contributed by atoms with Crippen LogP contribution in [0.2, 0.25) is 0 Å². The molecule has 1 aliphatic carbocycles. The van der Waals surface area contributed by atoms with Gasteiger partial charge in [-0.05, 0) is 25.1 Å². The standard InChI is InChI=1S/C19H20N4O3S2/c1-12-6-8-13(9-7-12)28(25,26)23-16-10-17(27-19(21)22-11-20)18(24)15-5-3-2-4-14(15)16/h2-10,19,22H,11,20-21H2,1H3. The second kappa shape index (κ2) is 8.38. The second-order valence-corrected chi connectivity index (χ2v) is 8.88. The van der Waals surface area contributed by atoms with Gasteiger partial charge in [-0.2, -0.15) is 12.8 Å². The molecule has 0 heterocycles. The summed E-state index contributed by atoms with van der Waals surface area (Å²) in [5.74, 6) is -0.235. The summed E-state index contributed by atoms with van der Waals surface area (Å²) >= 11 is 1.07. The molecule has 1 atom stereocenters. The van der Waals surface area contributed by atoms with Crippen molar-refractivity contribution in [1.29, 1.82) is 0 Å². The lowest BCUT2D eigenvalue weighted by Crippen LogP contribution is -2.38. The number of fused-ring (bicyclic) bond motifs is 1. The van der Waals surface area contributed by atoms with Crippen molar-refractivity contribution in [3.05, 3.63) is 76.2 Å². The minimum atomic E-state index is -3.94. The van der Waals surface area contributed by atoms with Crippen molar-refractivity contribution in [1.82, 2.24) is 5.32 Å². The molecule has 0 aliphatic heterocycles. The van der Waals surface area contributed by atoms with Crippen LogP contribution in [0.3, 0.4) is 0 Å². The number of hydrogen-bond donors (Lipinski definition) is 3. The first-order valence-electron chi connectivity index (χ1n) is 8.45. The predicted octanol–water partition coefficient (Wildman–Crippen LogP) is 1.73. The zero-order valence-corrected chi connectivity index (χ0v) is 16.8. The zero-order valence-electron chi connectivity index (χ0n) is 15.1. The number of carbonyl (C=O) groups excluding carboxylic acids is 1. The zero-order chi connectivity index (χ0) is 20.3. The summed E-state index contributed by atoms with van der Waals surface area (Å²) in [5, 5.41) is 2.80. The Morgan fingerprint density at radius 3 is 2.39 bits per heavy atom. The monoisotopic (exact) mass is 416 g/mol. The maximum atomic E-state index is 12.8. The summed E-state index contributed by atoms with van der Waals surface area (Å²) in [6.45, 7) is 2.02. The Kier molecular flexibility index (Phi) is 6.11. The first-order valence-corrected chi connectivity index (χ1v) is 10.8. The first kappa shape index (κ1) is 20.4. The van der Waals surface area contributed by atoms with E-state index in [1.807, 2.05) is 6.92 Å². The van der Waals surface area contributed by atoms with E-state index in [1.165, 1.54) is 18.2 Å². The molecule has 2 aromatic carbocycles. The van der Waals surface area contributed by atoms with Gasteiger partial charge in [0.2, 0.25) is 0 Å². The van der Waals surface area contributed by atoms with Crippen molar-refractivity contribution in [3.8, 4) is 0 Å². The lowest BCUT2D eigenvalue weighted by atomic mass is 9.94. The van der Waals surface area contributed by atoms with Gasteiger partial charge >= 0.3 is 0 Å². The Morgan fingerprint density at radius 2 is 1.75 bits per heavy atom. The summed E-state index contributed by atoms with van der Waals surface area (Å²) in [5.41, 5.74) is 12.7. The Labute approximate surface area is 168 Å². The number of thioether (sulfide) groups is 1. The molecule has 3 rings (SSSR count). The highest BCUT2D eigenvalue weighted by Gasteiger charge is 2.27. The van der Waals surface area contributed by atoms with E-state index in [1.54, 1.807) is 36.4 Å². The van der Waals surface area contributed by atoms with Gasteiger partial charge in [0.15, 0.2) is 5.78 Å². The van der Waals surface area contributed by atoms with Crippen molar-refractivity contribution in [2.24, 2.45) is 15.9 Å². The molecule has 1 aliphatic rings. The molecule has 0 aromatic heterocycles. The minimum absolute atomic E-state index is 0.0871. The molecule has 146 valence electrons. The number of hydrogen-bond acceptors (Lipinski definition) is 7. The number of allylic oxidation sites excluding steroid dienone is 2. The number of ketones is 1. The van der Waals surface area contributed by atoms with Gasteiger partial charge < -0.3 is 11.5 Å². The largest absolute Gasteiger partial charge is 0.318 e. The highest BCUT2D eigenvalue weighted by atomic mass is 32.2. The molecule has 0 saturated carbocycles. The van der Waals surface area contributed by atoms with E-state index in [0.717, 1.165) is 17.3 Å². The average Bonchev–Trinajstić information content (AvgIpc) is 2.66. The second-order valence-electron chi connectivity index (χ2n) is 6.09.